The van der Waals surface area contributed by atoms with Gasteiger partial charge < -0.3 is 40.7 Å². The molecular formula is C15H23NO10. The summed E-state index contributed by atoms with van der Waals surface area (Å²) in [7, 11) is 0. The minimum absolute atomic E-state index is 0.187. The molecule has 1 fully saturated rings. The van der Waals surface area contributed by atoms with Crippen molar-refractivity contribution < 1.29 is 49.8 Å². The SMILES string of the molecule is C=C(C)C(=O)C1[C@H](O)[C@@H](NC(C)=O)[C@H](C(O)[C@H](O)CO)O[C@@]1(O)C(=O)O. The number of carbonyl (C=O) groups is 3. The molecule has 0 aromatic carbocycles. The van der Waals surface area contributed by atoms with Crippen molar-refractivity contribution >= 4 is 17.7 Å². The van der Waals surface area contributed by atoms with Gasteiger partial charge in [-0.15, -0.1) is 0 Å². The Morgan fingerprint density at radius 2 is 1.81 bits per heavy atom. The first-order chi connectivity index (χ1) is 11.9. The van der Waals surface area contributed by atoms with Gasteiger partial charge in [-0.1, -0.05) is 6.58 Å². The van der Waals surface area contributed by atoms with E-state index in [1.54, 1.807) is 0 Å². The van der Waals surface area contributed by atoms with E-state index in [-0.39, 0.29) is 5.57 Å². The van der Waals surface area contributed by atoms with E-state index in [0.717, 1.165) is 6.92 Å². The molecule has 0 saturated carbocycles. The van der Waals surface area contributed by atoms with Gasteiger partial charge in [-0.25, -0.2) is 4.79 Å². The standard InChI is InChI=1S/C15H23NO10/c1-5(2)10(20)8-12(22)9(16-6(3)18)13(11(21)7(19)4-17)26-15(8,25)14(23)24/h7-9,11-13,17,19,21-22,25H,1,4H2,2-3H3,(H,16,18)(H,23,24)/t7-,8?,9-,11?,12+,13-,15-/m1/s1. The third kappa shape index (κ3) is 4.09. The molecule has 0 aliphatic carbocycles. The van der Waals surface area contributed by atoms with Crippen LogP contribution in [0.3, 0.4) is 0 Å². The van der Waals surface area contributed by atoms with Gasteiger partial charge in [0.1, 0.15) is 24.2 Å². The number of carbonyl (C=O) groups excluding carboxylic acids is 2. The molecule has 7 N–H and O–H groups in total. The topological polar surface area (TPSA) is 194 Å². The number of Topliss-reactive ketones (excluding diaryl/α,β-unsaturated/α-hetero) is 1. The summed E-state index contributed by atoms with van der Waals surface area (Å²) < 4.78 is 4.99. The average Bonchev–Trinajstić information content (AvgIpc) is 2.55. The summed E-state index contributed by atoms with van der Waals surface area (Å²) in [6.45, 7) is 4.66. The van der Waals surface area contributed by atoms with Gasteiger partial charge in [0.05, 0.1) is 18.8 Å². The zero-order chi connectivity index (χ0) is 20.4. The Bertz CT molecular complexity index is 593. The van der Waals surface area contributed by atoms with Crippen LogP contribution >= 0.6 is 0 Å². The highest BCUT2D eigenvalue weighted by molar-refractivity contribution is 6.00. The van der Waals surface area contributed by atoms with E-state index in [9.17, 15) is 39.9 Å². The maximum absolute atomic E-state index is 12.3. The molecule has 1 rings (SSSR count). The second kappa shape index (κ2) is 8.20. The highest BCUT2D eigenvalue weighted by Crippen LogP contribution is 2.37. The Labute approximate surface area is 148 Å². The van der Waals surface area contributed by atoms with Crippen molar-refractivity contribution in [1.82, 2.24) is 5.32 Å². The predicted octanol–water partition coefficient (Wildman–Crippen LogP) is -3.50. The quantitative estimate of drug-likeness (QED) is 0.219. The molecule has 1 aliphatic heterocycles. The second-order valence-corrected chi connectivity index (χ2v) is 6.16. The molecule has 0 spiro atoms. The molecule has 148 valence electrons. The number of ether oxygens (including phenoxy) is 1. The number of carboxylic acids is 1. The lowest BCUT2D eigenvalue weighted by molar-refractivity contribution is -0.313. The average molecular weight is 377 g/mol. The van der Waals surface area contributed by atoms with Crippen LogP contribution in [-0.2, 0) is 19.1 Å². The number of hydrogen-bond donors (Lipinski definition) is 7. The summed E-state index contributed by atoms with van der Waals surface area (Å²) in [6, 6.07) is -1.57. The molecule has 11 nitrogen and oxygen atoms in total. The molecule has 7 atom stereocenters. The first-order valence-electron chi connectivity index (χ1n) is 7.63. The van der Waals surface area contributed by atoms with Crippen molar-refractivity contribution in [1.29, 1.82) is 0 Å². The number of rotatable bonds is 7. The smallest absolute Gasteiger partial charge is 0.365 e. The first-order valence-corrected chi connectivity index (χ1v) is 7.63. The minimum atomic E-state index is -3.27. The number of aliphatic hydroxyl groups excluding tert-OH is 4. The van der Waals surface area contributed by atoms with Gasteiger partial charge in [0.15, 0.2) is 5.78 Å². The number of allylic oxidation sites excluding steroid dienone is 1. The molecule has 0 aromatic heterocycles. The fourth-order valence-electron chi connectivity index (χ4n) is 2.78. The van der Waals surface area contributed by atoms with Crippen LogP contribution in [0.15, 0.2) is 12.2 Å². The van der Waals surface area contributed by atoms with Gasteiger partial charge in [-0.05, 0) is 12.5 Å². The van der Waals surface area contributed by atoms with Crippen LogP contribution in [0.1, 0.15) is 13.8 Å². The largest absolute Gasteiger partial charge is 0.477 e. The highest BCUT2D eigenvalue weighted by Gasteiger charge is 2.62. The van der Waals surface area contributed by atoms with Crippen LogP contribution in [0, 0.1) is 5.92 Å². The summed E-state index contributed by atoms with van der Waals surface area (Å²) in [6.07, 6.45) is -7.71. The van der Waals surface area contributed by atoms with Crippen molar-refractivity contribution in [2.45, 2.75) is 50.1 Å². The second-order valence-electron chi connectivity index (χ2n) is 6.16. The van der Waals surface area contributed by atoms with Crippen LogP contribution in [0.4, 0.5) is 0 Å². The number of amides is 1. The maximum atomic E-state index is 12.3. The van der Waals surface area contributed by atoms with E-state index < -0.39 is 66.4 Å². The highest BCUT2D eigenvalue weighted by atomic mass is 16.7. The number of aliphatic hydroxyl groups is 5. The van der Waals surface area contributed by atoms with Crippen molar-refractivity contribution in [3.05, 3.63) is 12.2 Å². The summed E-state index contributed by atoms with van der Waals surface area (Å²) in [5, 5.41) is 61.1. The molecule has 11 heteroatoms. The summed E-state index contributed by atoms with van der Waals surface area (Å²) >= 11 is 0. The van der Waals surface area contributed by atoms with E-state index in [1.807, 2.05) is 0 Å². The number of ketones is 1. The fourth-order valence-corrected chi connectivity index (χ4v) is 2.78. The van der Waals surface area contributed by atoms with E-state index in [1.165, 1.54) is 6.92 Å². The normalized spacial score (nSPS) is 33.8. The zero-order valence-electron chi connectivity index (χ0n) is 14.2. The Morgan fingerprint density at radius 3 is 2.19 bits per heavy atom. The number of hydrogen-bond acceptors (Lipinski definition) is 9. The third-order valence-electron chi connectivity index (χ3n) is 4.10. The molecule has 0 bridgehead atoms. The number of carboxylic acid groups (broad SMARTS) is 1. The molecule has 1 aliphatic rings. The van der Waals surface area contributed by atoms with Crippen molar-refractivity contribution in [2.75, 3.05) is 6.61 Å². The molecule has 1 amide bonds. The van der Waals surface area contributed by atoms with Crippen LogP contribution in [0.2, 0.25) is 0 Å². The molecule has 0 aromatic rings. The van der Waals surface area contributed by atoms with Crippen molar-refractivity contribution in [3.8, 4) is 0 Å². The molecular weight excluding hydrogens is 354 g/mol. The van der Waals surface area contributed by atoms with E-state index in [2.05, 4.69) is 11.9 Å². The third-order valence-corrected chi connectivity index (χ3v) is 4.10. The Hall–Kier alpha value is -1.89. The molecule has 26 heavy (non-hydrogen) atoms. The van der Waals surface area contributed by atoms with Crippen LogP contribution < -0.4 is 5.32 Å². The monoisotopic (exact) mass is 377 g/mol. The van der Waals surface area contributed by atoms with Gasteiger partial charge in [0, 0.05) is 6.92 Å². The molecule has 1 heterocycles. The molecule has 0 radical (unpaired) electrons. The minimum Gasteiger partial charge on any atom is -0.477 e. The Balaban J connectivity index is 3.46. The van der Waals surface area contributed by atoms with Crippen molar-refractivity contribution in [2.24, 2.45) is 5.92 Å². The van der Waals surface area contributed by atoms with E-state index >= 15 is 0 Å². The van der Waals surface area contributed by atoms with Crippen LogP contribution in [-0.4, -0.2) is 91.2 Å². The lowest BCUT2D eigenvalue weighted by Crippen LogP contribution is -2.72. The van der Waals surface area contributed by atoms with Gasteiger partial charge in [-0.3, -0.25) is 9.59 Å². The van der Waals surface area contributed by atoms with Crippen LogP contribution in [0.5, 0.6) is 0 Å². The summed E-state index contributed by atoms with van der Waals surface area (Å²) in [5.41, 5.74) is -0.187. The molecule has 1 saturated heterocycles. The number of nitrogens with one attached hydrogen (secondary N) is 1. The first kappa shape index (κ1) is 22.2. The van der Waals surface area contributed by atoms with Crippen LogP contribution in [0.25, 0.3) is 0 Å². The molecule has 2 unspecified atom stereocenters. The summed E-state index contributed by atoms with van der Waals surface area (Å²) in [5.74, 6) is -9.13. The maximum Gasteiger partial charge on any atom is 0.365 e. The van der Waals surface area contributed by atoms with Gasteiger partial charge in [0.25, 0.3) is 5.79 Å². The van der Waals surface area contributed by atoms with Gasteiger partial charge in [-0.2, -0.15) is 0 Å². The lowest BCUT2D eigenvalue weighted by Gasteiger charge is -2.48. The Kier molecular flexibility index (Phi) is 6.99. The predicted molar refractivity (Wildman–Crippen MR) is 83.5 cm³/mol. The fraction of sp³-hybridized carbons (Fsp3) is 0.667. The zero-order valence-corrected chi connectivity index (χ0v) is 14.2. The van der Waals surface area contributed by atoms with Gasteiger partial charge >= 0.3 is 5.97 Å². The summed E-state index contributed by atoms with van der Waals surface area (Å²) in [4.78, 5) is 35.3. The Morgan fingerprint density at radius 1 is 1.27 bits per heavy atom. The number of aliphatic carboxylic acids is 1. The van der Waals surface area contributed by atoms with E-state index in [4.69, 9.17) is 9.84 Å². The van der Waals surface area contributed by atoms with E-state index in [0.29, 0.717) is 0 Å². The van der Waals surface area contributed by atoms with Crippen molar-refractivity contribution in [3.63, 3.8) is 0 Å². The van der Waals surface area contributed by atoms with Gasteiger partial charge in [0.2, 0.25) is 5.91 Å². The lowest BCUT2D eigenvalue weighted by atomic mass is 9.77.